The van der Waals surface area contributed by atoms with Crippen LogP contribution in [-0.4, -0.2) is 29.6 Å². The Morgan fingerprint density at radius 2 is 2.15 bits per heavy atom. The molecule has 106 valence electrons. The van der Waals surface area contributed by atoms with Crippen molar-refractivity contribution in [3.05, 3.63) is 40.1 Å². The van der Waals surface area contributed by atoms with Gasteiger partial charge in [0.05, 0.1) is 7.11 Å². The molecule has 2 heterocycles. The molecule has 0 amide bonds. The van der Waals surface area contributed by atoms with Crippen LogP contribution >= 0.6 is 22.9 Å². The van der Waals surface area contributed by atoms with Gasteiger partial charge in [-0.15, -0.1) is 0 Å². The number of hydrogen-bond acceptors (Lipinski definition) is 6. The van der Waals surface area contributed by atoms with Crippen molar-refractivity contribution in [2.24, 2.45) is 0 Å². The Bertz CT molecular complexity index is 589. The van der Waals surface area contributed by atoms with E-state index in [1.54, 1.807) is 12.4 Å². The van der Waals surface area contributed by atoms with E-state index < -0.39 is 5.97 Å². The lowest BCUT2D eigenvalue weighted by Crippen LogP contribution is -2.21. The highest BCUT2D eigenvalue weighted by atomic mass is 35.5. The molecule has 0 bridgehead atoms. The van der Waals surface area contributed by atoms with E-state index >= 15 is 0 Å². The van der Waals surface area contributed by atoms with E-state index in [0.717, 1.165) is 12.1 Å². The Balaban J connectivity index is 2.22. The van der Waals surface area contributed by atoms with Gasteiger partial charge in [-0.3, -0.25) is 4.98 Å². The first-order chi connectivity index (χ1) is 9.65. The molecular formula is C13H14ClN3O2S. The maximum atomic E-state index is 11.6. The van der Waals surface area contributed by atoms with Gasteiger partial charge in [0.1, 0.15) is 0 Å². The van der Waals surface area contributed by atoms with Gasteiger partial charge in [0.15, 0.2) is 15.2 Å². The number of halogens is 1. The molecule has 0 aliphatic carbocycles. The zero-order valence-electron chi connectivity index (χ0n) is 11.2. The summed E-state index contributed by atoms with van der Waals surface area (Å²) < 4.78 is 4.68. The van der Waals surface area contributed by atoms with Crippen molar-refractivity contribution in [1.82, 2.24) is 9.97 Å². The number of carbonyl (C=O) groups excluding carboxylic acids is 1. The van der Waals surface area contributed by atoms with Gasteiger partial charge in [-0.2, -0.15) is 0 Å². The SMILES string of the molecule is CCN(Cc1ccncc1)c1nc(Cl)c(C(=O)OC)s1. The molecule has 0 aromatic carbocycles. The van der Waals surface area contributed by atoms with Gasteiger partial charge in [-0.05, 0) is 24.6 Å². The maximum Gasteiger partial charge on any atom is 0.351 e. The second-order valence-corrected chi connectivity index (χ2v) is 5.31. The van der Waals surface area contributed by atoms with Crippen molar-refractivity contribution >= 4 is 34.0 Å². The number of hydrogen-bond donors (Lipinski definition) is 0. The van der Waals surface area contributed by atoms with Gasteiger partial charge in [0.2, 0.25) is 0 Å². The summed E-state index contributed by atoms with van der Waals surface area (Å²) in [6.45, 7) is 3.46. The third kappa shape index (κ3) is 3.26. The molecule has 0 spiro atoms. The number of anilines is 1. The summed E-state index contributed by atoms with van der Waals surface area (Å²) >= 11 is 7.22. The van der Waals surface area contributed by atoms with Crippen molar-refractivity contribution in [3.63, 3.8) is 0 Å². The van der Waals surface area contributed by atoms with E-state index in [4.69, 9.17) is 11.6 Å². The number of pyridine rings is 1. The summed E-state index contributed by atoms with van der Waals surface area (Å²) in [4.78, 5) is 22.2. The highest BCUT2D eigenvalue weighted by molar-refractivity contribution is 7.18. The molecule has 0 aliphatic heterocycles. The quantitative estimate of drug-likeness (QED) is 0.795. The number of carbonyl (C=O) groups is 1. The predicted molar refractivity (Wildman–Crippen MR) is 79.4 cm³/mol. The lowest BCUT2D eigenvalue weighted by atomic mass is 10.2. The second kappa shape index (κ2) is 6.67. The summed E-state index contributed by atoms with van der Waals surface area (Å²) in [7, 11) is 1.33. The van der Waals surface area contributed by atoms with Crippen LogP contribution in [0.5, 0.6) is 0 Å². The molecule has 0 radical (unpaired) electrons. The van der Waals surface area contributed by atoms with E-state index in [9.17, 15) is 4.79 Å². The monoisotopic (exact) mass is 311 g/mol. The van der Waals surface area contributed by atoms with Crippen molar-refractivity contribution in [3.8, 4) is 0 Å². The summed E-state index contributed by atoms with van der Waals surface area (Å²) in [5.74, 6) is -0.460. The first-order valence-electron chi connectivity index (χ1n) is 6.04. The Morgan fingerprint density at radius 1 is 1.45 bits per heavy atom. The van der Waals surface area contributed by atoms with E-state index in [1.807, 2.05) is 24.0 Å². The third-order valence-corrected chi connectivity index (χ3v) is 4.20. The number of nitrogens with zero attached hydrogens (tertiary/aromatic N) is 3. The lowest BCUT2D eigenvalue weighted by Gasteiger charge is -2.19. The van der Waals surface area contributed by atoms with Crippen LogP contribution in [0.1, 0.15) is 22.2 Å². The van der Waals surface area contributed by atoms with Crippen molar-refractivity contribution in [2.75, 3.05) is 18.6 Å². The van der Waals surface area contributed by atoms with Crippen LogP contribution in [0.25, 0.3) is 0 Å². The summed E-state index contributed by atoms with van der Waals surface area (Å²) in [5, 5.41) is 0.889. The van der Waals surface area contributed by atoms with Crippen molar-refractivity contribution < 1.29 is 9.53 Å². The number of rotatable bonds is 5. The predicted octanol–water partition coefficient (Wildman–Crippen LogP) is 3.00. The third-order valence-electron chi connectivity index (χ3n) is 2.72. The fourth-order valence-electron chi connectivity index (χ4n) is 1.67. The van der Waals surface area contributed by atoms with Crippen molar-refractivity contribution in [2.45, 2.75) is 13.5 Å². The average molecular weight is 312 g/mol. The van der Waals surface area contributed by atoms with Crippen LogP contribution in [0.15, 0.2) is 24.5 Å². The molecule has 5 nitrogen and oxygen atoms in total. The Labute approximate surface area is 126 Å². The fraction of sp³-hybridized carbons (Fsp3) is 0.308. The van der Waals surface area contributed by atoms with Gasteiger partial charge in [-0.25, -0.2) is 9.78 Å². The molecule has 2 aromatic rings. The molecule has 0 fully saturated rings. The summed E-state index contributed by atoms with van der Waals surface area (Å²) in [6, 6.07) is 3.89. The van der Waals surface area contributed by atoms with E-state index in [0.29, 0.717) is 16.6 Å². The smallest absolute Gasteiger partial charge is 0.351 e. The van der Waals surface area contributed by atoms with Crippen molar-refractivity contribution in [1.29, 1.82) is 0 Å². The van der Waals surface area contributed by atoms with Gasteiger partial charge in [0.25, 0.3) is 0 Å². The molecular weight excluding hydrogens is 298 g/mol. The van der Waals surface area contributed by atoms with Crippen LogP contribution in [0.2, 0.25) is 5.15 Å². The van der Waals surface area contributed by atoms with Crippen LogP contribution in [0, 0.1) is 0 Å². The maximum absolute atomic E-state index is 11.6. The van der Waals surface area contributed by atoms with Crippen LogP contribution in [-0.2, 0) is 11.3 Å². The largest absolute Gasteiger partial charge is 0.465 e. The molecule has 2 aromatic heterocycles. The standard InChI is InChI=1S/C13H14ClN3O2S/c1-3-17(8-9-4-6-15-7-5-9)13-16-11(14)10(20-13)12(18)19-2/h4-7H,3,8H2,1-2H3. The molecule has 0 saturated carbocycles. The number of esters is 1. The average Bonchev–Trinajstić information content (AvgIpc) is 2.87. The van der Waals surface area contributed by atoms with Crippen LogP contribution < -0.4 is 4.90 Å². The molecule has 20 heavy (non-hydrogen) atoms. The molecule has 2 rings (SSSR count). The number of ether oxygens (including phenoxy) is 1. The summed E-state index contributed by atoms with van der Waals surface area (Å²) in [6.07, 6.45) is 3.50. The zero-order chi connectivity index (χ0) is 14.5. The van der Waals surface area contributed by atoms with Gasteiger partial charge >= 0.3 is 5.97 Å². The first-order valence-corrected chi connectivity index (χ1v) is 7.23. The molecule has 0 atom stereocenters. The van der Waals surface area contributed by atoms with E-state index in [2.05, 4.69) is 14.7 Å². The minimum atomic E-state index is -0.460. The Kier molecular flexibility index (Phi) is 4.92. The van der Waals surface area contributed by atoms with E-state index in [1.165, 1.54) is 18.4 Å². The Hall–Kier alpha value is -1.66. The lowest BCUT2D eigenvalue weighted by molar-refractivity contribution is 0.0606. The summed E-state index contributed by atoms with van der Waals surface area (Å²) in [5.41, 5.74) is 1.12. The minimum absolute atomic E-state index is 0.185. The molecule has 0 aliphatic rings. The normalized spacial score (nSPS) is 10.3. The van der Waals surface area contributed by atoms with Gasteiger partial charge in [0, 0.05) is 25.5 Å². The minimum Gasteiger partial charge on any atom is -0.465 e. The van der Waals surface area contributed by atoms with Crippen LogP contribution in [0.4, 0.5) is 5.13 Å². The Morgan fingerprint density at radius 3 is 2.75 bits per heavy atom. The topological polar surface area (TPSA) is 55.3 Å². The molecule has 0 saturated heterocycles. The molecule has 0 unspecified atom stereocenters. The fourth-order valence-corrected chi connectivity index (χ4v) is 2.93. The van der Waals surface area contributed by atoms with Gasteiger partial charge < -0.3 is 9.64 Å². The highest BCUT2D eigenvalue weighted by Crippen LogP contribution is 2.30. The zero-order valence-corrected chi connectivity index (χ0v) is 12.7. The van der Waals surface area contributed by atoms with E-state index in [-0.39, 0.29) is 5.15 Å². The molecule has 7 heteroatoms. The second-order valence-electron chi connectivity index (χ2n) is 3.98. The number of thiazole rings is 1. The van der Waals surface area contributed by atoms with Crippen LogP contribution in [0.3, 0.4) is 0 Å². The molecule has 0 N–H and O–H groups in total. The number of aromatic nitrogens is 2. The highest BCUT2D eigenvalue weighted by Gasteiger charge is 2.20. The number of methoxy groups -OCH3 is 1. The van der Waals surface area contributed by atoms with Gasteiger partial charge in [-0.1, -0.05) is 22.9 Å². The first kappa shape index (κ1) is 14.7.